The van der Waals surface area contributed by atoms with Gasteiger partial charge in [-0.15, -0.1) is 0 Å². The third-order valence-corrected chi connectivity index (χ3v) is 7.52. The fourth-order valence-electron chi connectivity index (χ4n) is 4.03. The lowest BCUT2D eigenvalue weighted by atomic mass is 10.1. The number of likely N-dealkylation sites (tertiary alicyclic amines) is 1. The van der Waals surface area contributed by atoms with Crippen LogP contribution in [0.15, 0.2) is 47.4 Å². The van der Waals surface area contributed by atoms with Crippen LogP contribution in [-0.4, -0.2) is 72.0 Å². The van der Waals surface area contributed by atoms with Crippen LogP contribution in [0.25, 0.3) is 10.8 Å². The zero-order chi connectivity index (χ0) is 21.7. The van der Waals surface area contributed by atoms with E-state index < -0.39 is 22.0 Å². The molecule has 0 unspecified atom stereocenters. The SMILES string of the molecule is O=C(O)C(=O)O.O=S(=O)(c1ccc2ccccc2c1)N1CCC(N2CCCC2)CC1. The molecule has 2 fully saturated rings. The van der Waals surface area contributed by atoms with E-state index >= 15 is 0 Å². The maximum absolute atomic E-state index is 13.0. The number of rotatable bonds is 3. The van der Waals surface area contributed by atoms with Crippen molar-refractivity contribution in [3.05, 3.63) is 42.5 Å². The predicted molar refractivity (Wildman–Crippen MR) is 112 cm³/mol. The summed E-state index contributed by atoms with van der Waals surface area (Å²) in [6.07, 6.45) is 4.48. The summed E-state index contributed by atoms with van der Waals surface area (Å²) in [6, 6.07) is 13.9. The molecule has 0 aromatic heterocycles. The monoisotopic (exact) mass is 434 g/mol. The molecular weight excluding hydrogens is 408 g/mol. The molecule has 9 heteroatoms. The molecule has 2 N–H and O–H groups in total. The van der Waals surface area contributed by atoms with Gasteiger partial charge in [0.05, 0.1) is 4.90 Å². The first-order valence-corrected chi connectivity index (χ1v) is 11.4. The van der Waals surface area contributed by atoms with Crippen molar-refractivity contribution in [3.8, 4) is 0 Å². The van der Waals surface area contributed by atoms with E-state index in [0.717, 1.165) is 23.6 Å². The van der Waals surface area contributed by atoms with Crippen LogP contribution in [0.2, 0.25) is 0 Å². The zero-order valence-electron chi connectivity index (χ0n) is 16.6. The van der Waals surface area contributed by atoms with Gasteiger partial charge >= 0.3 is 11.9 Å². The van der Waals surface area contributed by atoms with Crippen LogP contribution in [0.5, 0.6) is 0 Å². The second kappa shape index (κ2) is 9.55. The van der Waals surface area contributed by atoms with Crippen LogP contribution in [-0.2, 0) is 19.6 Å². The lowest BCUT2D eigenvalue weighted by molar-refractivity contribution is -0.159. The Morgan fingerprint density at radius 3 is 1.97 bits per heavy atom. The molecule has 0 saturated carbocycles. The predicted octanol–water partition coefficient (Wildman–Crippen LogP) is 2.24. The summed E-state index contributed by atoms with van der Waals surface area (Å²) in [5.41, 5.74) is 0. The smallest absolute Gasteiger partial charge is 0.414 e. The Hall–Kier alpha value is -2.49. The summed E-state index contributed by atoms with van der Waals surface area (Å²) < 4.78 is 27.6. The van der Waals surface area contributed by atoms with Crippen molar-refractivity contribution in [3.63, 3.8) is 0 Å². The van der Waals surface area contributed by atoms with Crippen molar-refractivity contribution in [2.45, 2.75) is 36.6 Å². The average molecular weight is 435 g/mol. The molecule has 2 heterocycles. The number of carboxylic acid groups (broad SMARTS) is 2. The van der Waals surface area contributed by atoms with Gasteiger partial charge < -0.3 is 15.1 Å². The molecule has 8 nitrogen and oxygen atoms in total. The molecule has 0 amide bonds. The maximum Gasteiger partial charge on any atom is 0.414 e. The fourth-order valence-corrected chi connectivity index (χ4v) is 5.54. The summed E-state index contributed by atoms with van der Waals surface area (Å²) in [5, 5.41) is 16.8. The largest absolute Gasteiger partial charge is 0.473 e. The van der Waals surface area contributed by atoms with Crippen LogP contribution in [0.3, 0.4) is 0 Å². The first kappa shape index (κ1) is 22.2. The standard InChI is InChI=1S/C19H24N2O2S.C2H2O4/c22-24(23,19-8-7-16-5-1-2-6-17(16)15-19)21-13-9-18(10-14-21)20-11-3-4-12-20;3-1(4)2(5)6/h1-2,5-8,15,18H,3-4,9-14H2;(H,3,4)(H,5,6). The minimum atomic E-state index is -3.39. The minimum absolute atomic E-state index is 0.417. The van der Waals surface area contributed by atoms with Gasteiger partial charge in [0, 0.05) is 19.1 Å². The summed E-state index contributed by atoms with van der Waals surface area (Å²) in [4.78, 5) is 21.2. The van der Waals surface area contributed by atoms with Gasteiger partial charge in [-0.2, -0.15) is 4.31 Å². The van der Waals surface area contributed by atoms with E-state index in [-0.39, 0.29) is 0 Å². The molecule has 2 aliphatic rings. The number of hydrogen-bond acceptors (Lipinski definition) is 5. The first-order chi connectivity index (χ1) is 14.3. The summed E-state index contributed by atoms with van der Waals surface area (Å²) in [5.74, 6) is -3.65. The third-order valence-electron chi connectivity index (χ3n) is 5.62. The quantitative estimate of drug-likeness (QED) is 0.712. The van der Waals surface area contributed by atoms with E-state index in [2.05, 4.69) is 4.90 Å². The van der Waals surface area contributed by atoms with Crippen LogP contribution in [0, 0.1) is 0 Å². The van der Waals surface area contributed by atoms with Crippen molar-refractivity contribution < 1.29 is 28.2 Å². The molecule has 0 spiro atoms. The lowest BCUT2D eigenvalue weighted by Crippen LogP contribution is -2.45. The Morgan fingerprint density at radius 1 is 0.833 bits per heavy atom. The van der Waals surface area contributed by atoms with E-state index in [4.69, 9.17) is 19.8 Å². The van der Waals surface area contributed by atoms with Gasteiger partial charge in [-0.05, 0) is 61.7 Å². The number of hydrogen-bond donors (Lipinski definition) is 2. The molecule has 2 saturated heterocycles. The molecule has 0 radical (unpaired) electrons. The number of sulfonamides is 1. The average Bonchev–Trinajstić information content (AvgIpc) is 3.29. The van der Waals surface area contributed by atoms with Crippen LogP contribution >= 0.6 is 0 Å². The number of benzene rings is 2. The van der Waals surface area contributed by atoms with Gasteiger partial charge in [-0.3, -0.25) is 0 Å². The van der Waals surface area contributed by atoms with Gasteiger partial charge in [0.2, 0.25) is 10.0 Å². The van der Waals surface area contributed by atoms with Crippen LogP contribution in [0.4, 0.5) is 0 Å². The molecule has 0 bridgehead atoms. The van der Waals surface area contributed by atoms with Gasteiger partial charge in [-0.25, -0.2) is 18.0 Å². The lowest BCUT2D eigenvalue weighted by Gasteiger charge is -2.36. The van der Waals surface area contributed by atoms with Crippen molar-refractivity contribution >= 4 is 32.7 Å². The molecule has 0 aliphatic carbocycles. The summed E-state index contributed by atoms with van der Waals surface area (Å²) >= 11 is 0. The topological polar surface area (TPSA) is 115 Å². The molecule has 4 rings (SSSR count). The number of nitrogens with zero attached hydrogens (tertiary/aromatic N) is 2. The Labute approximate surface area is 175 Å². The highest BCUT2D eigenvalue weighted by Gasteiger charge is 2.32. The number of carboxylic acids is 2. The Kier molecular flexibility index (Phi) is 7.06. The highest BCUT2D eigenvalue weighted by molar-refractivity contribution is 7.89. The molecule has 2 aromatic rings. The van der Waals surface area contributed by atoms with Crippen LogP contribution < -0.4 is 0 Å². The van der Waals surface area contributed by atoms with Crippen molar-refractivity contribution in [1.82, 2.24) is 9.21 Å². The number of carbonyl (C=O) groups is 2. The van der Waals surface area contributed by atoms with Crippen molar-refractivity contribution in [1.29, 1.82) is 0 Å². The van der Waals surface area contributed by atoms with E-state index in [1.165, 1.54) is 25.9 Å². The van der Waals surface area contributed by atoms with Crippen molar-refractivity contribution in [2.24, 2.45) is 0 Å². The Morgan fingerprint density at radius 2 is 1.40 bits per heavy atom. The number of aliphatic carboxylic acids is 2. The normalized spacial score (nSPS) is 18.7. The summed E-state index contributed by atoms with van der Waals surface area (Å²) in [7, 11) is -3.39. The fraction of sp³-hybridized carbons (Fsp3) is 0.429. The van der Waals surface area contributed by atoms with E-state index in [1.54, 1.807) is 16.4 Å². The first-order valence-electron chi connectivity index (χ1n) is 9.98. The third kappa shape index (κ3) is 5.16. The van der Waals surface area contributed by atoms with Gasteiger partial charge in [0.25, 0.3) is 0 Å². The van der Waals surface area contributed by atoms with Gasteiger partial charge in [-0.1, -0.05) is 30.3 Å². The van der Waals surface area contributed by atoms with E-state index in [9.17, 15) is 8.42 Å². The molecule has 162 valence electrons. The molecular formula is C21H26N2O6S. The number of fused-ring (bicyclic) bond motifs is 1. The Balaban J connectivity index is 0.000000377. The van der Waals surface area contributed by atoms with E-state index in [0.29, 0.717) is 24.0 Å². The van der Waals surface area contributed by atoms with Gasteiger partial charge in [0.15, 0.2) is 0 Å². The zero-order valence-corrected chi connectivity index (χ0v) is 17.4. The van der Waals surface area contributed by atoms with Gasteiger partial charge in [0.1, 0.15) is 0 Å². The number of piperidine rings is 1. The Bertz CT molecular complexity index is 997. The molecule has 30 heavy (non-hydrogen) atoms. The van der Waals surface area contributed by atoms with Crippen LogP contribution in [0.1, 0.15) is 25.7 Å². The highest BCUT2D eigenvalue weighted by Crippen LogP contribution is 2.27. The second-order valence-corrected chi connectivity index (χ2v) is 9.44. The second-order valence-electron chi connectivity index (χ2n) is 7.50. The molecule has 2 aliphatic heterocycles. The highest BCUT2D eigenvalue weighted by atomic mass is 32.2. The molecule has 2 aromatic carbocycles. The minimum Gasteiger partial charge on any atom is -0.473 e. The molecule has 0 atom stereocenters. The van der Waals surface area contributed by atoms with E-state index in [1.807, 2.05) is 30.3 Å². The maximum atomic E-state index is 13.0. The van der Waals surface area contributed by atoms with Crippen molar-refractivity contribution in [2.75, 3.05) is 26.2 Å². The summed E-state index contributed by atoms with van der Waals surface area (Å²) in [6.45, 7) is 3.64.